The Hall–Kier alpha value is -2.86. The summed E-state index contributed by atoms with van der Waals surface area (Å²) in [5.74, 6) is -1.01. The maximum Gasteiger partial charge on any atom is 0.417 e. The van der Waals surface area contributed by atoms with Crippen molar-refractivity contribution in [2.24, 2.45) is 5.73 Å². The van der Waals surface area contributed by atoms with Crippen LogP contribution in [0, 0.1) is 0 Å². The van der Waals surface area contributed by atoms with Crippen molar-refractivity contribution in [2.45, 2.75) is 11.2 Å². The fourth-order valence-electron chi connectivity index (χ4n) is 2.08. The Morgan fingerprint density at radius 1 is 1.32 bits per heavy atom. The van der Waals surface area contributed by atoms with E-state index in [-0.39, 0.29) is 17.4 Å². The molecule has 3 aromatic rings. The monoisotopic (exact) mass is 427 g/mol. The molecular weight excluding hydrogens is 415 g/mol. The number of hydrogen-bond donors (Lipinski definition) is 3. The lowest BCUT2D eigenvalue weighted by Gasteiger charge is -2.06. The Morgan fingerprint density at radius 3 is 2.71 bits per heavy atom. The zero-order chi connectivity index (χ0) is 20.3. The Morgan fingerprint density at radius 2 is 2.11 bits per heavy atom. The Bertz CT molecular complexity index is 998. The van der Waals surface area contributed by atoms with Gasteiger partial charge in [0.1, 0.15) is 5.69 Å². The molecule has 4 N–H and O–H groups in total. The maximum atomic E-state index is 12.5. The van der Waals surface area contributed by atoms with E-state index in [0.29, 0.717) is 21.4 Å². The number of hydrogen-bond acceptors (Lipinski definition) is 6. The van der Waals surface area contributed by atoms with Crippen molar-refractivity contribution in [1.29, 1.82) is 0 Å². The van der Waals surface area contributed by atoms with Gasteiger partial charge in [-0.1, -0.05) is 11.8 Å². The van der Waals surface area contributed by atoms with Gasteiger partial charge in [-0.05, 0) is 18.2 Å². The summed E-state index contributed by atoms with van der Waals surface area (Å²) in [5, 5.41) is 4.96. The van der Waals surface area contributed by atoms with Gasteiger partial charge in [-0.2, -0.15) is 13.2 Å². The van der Waals surface area contributed by atoms with E-state index in [4.69, 9.17) is 5.73 Å². The fraction of sp³-hybridized carbons (Fsp3) is 0.125. The van der Waals surface area contributed by atoms with Crippen LogP contribution in [-0.4, -0.2) is 32.5 Å². The summed E-state index contributed by atoms with van der Waals surface area (Å²) in [5.41, 5.74) is 5.78. The van der Waals surface area contributed by atoms with Crippen LogP contribution in [0.25, 0.3) is 11.3 Å². The van der Waals surface area contributed by atoms with Gasteiger partial charge in [0.15, 0.2) is 5.13 Å². The number of halogens is 3. The number of aromatic amines is 1. The lowest BCUT2D eigenvalue weighted by atomic mass is 10.2. The highest BCUT2D eigenvalue weighted by molar-refractivity contribution is 7.99. The number of nitrogens with zero attached hydrogens (tertiary/aromatic N) is 2. The van der Waals surface area contributed by atoms with Crippen LogP contribution < -0.4 is 11.1 Å². The first-order valence-electron chi connectivity index (χ1n) is 7.62. The minimum Gasteiger partial charge on any atom is -0.364 e. The highest BCUT2D eigenvalue weighted by Gasteiger charge is 2.30. The fourth-order valence-corrected chi connectivity index (χ4v) is 3.45. The number of rotatable bonds is 6. The van der Waals surface area contributed by atoms with Crippen LogP contribution in [0.4, 0.5) is 18.3 Å². The molecule has 2 amide bonds. The van der Waals surface area contributed by atoms with E-state index in [1.54, 1.807) is 17.6 Å². The highest BCUT2D eigenvalue weighted by atomic mass is 32.2. The Labute approximate surface area is 164 Å². The molecule has 0 aliphatic heterocycles. The topological polar surface area (TPSA) is 114 Å². The van der Waals surface area contributed by atoms with Gasteiger partial charge in [0, 0.05) is 23.3 Å². The molecule has 12 heteroatoms. The third-order valence-corrected chi connectivity index (χ3v) is 5.11. The Balaban J connectivity index is 1.55. The number of carbonyl (C=O) groups is 2. The van der Waals surface area contributed by atoms with Crippen LogP contribution in [0.5, 0.6) is 0 Å². The van der Waals surface area contributed by atoms with Gasteiger partial charge in [0.05, 0.1) is 22.0 Å². The maximum absolute atomic E-state index is 12.5. The van der Waals surface area contributed by atoms with Gasteiger partial charge < -0.3 is 16.0 Å². The summed E-state index contributed by atoms with van der Waals surface area (Å²) in [4.78, 5) is 33.8. The first kappa shape index (κ1) is 19.9. The number of anilines is 1. The zero-order valence-corrected chi connectivity index (χ0v) is 15.5. The quantitative estimate of drug-likeness (QED) is 0.522. The van der Waals surface area contributed by atoms with Gasteiger partial charge in [0.25, 0.3) is 5.91 Å². The number of thioether (sulfide) groups is 1. The van der Waals surface area contributed by atoms with Crippen molar-refractivity contribution in [2.75, 3.05) is 11.1 Å². The molecule has 0 fully saturated rings. The second-order valence-electron chi connectivity index (χ2n) is 5.42. The SMILES string of the molecule is NC(=O)c1cc(-c2csc(NC(=O)CSc3ccc(C(F)(F)F)cn3)n2)c[nH]1. The number of nitrogens with one attached hydrogen (secondary N) is 2. The van der Waals surface area contributed by atoms with Crippen molar-refractivity contribution in [3.8, 4) is 11.3 Å². The zero-order valence-electron chi connectivity index (χ0n) is 13.9. The van der Waals surface area contributed by atoms with Crippen LogP contribution in [-0.2, 0) is 11.0 Å². The second kappa shape index (κ2) is 8.02. The number of nitrogens with two attached hydrogens (primary N) is 1. The minimum absolute atomic E-state index is 0.0384. The van der Waals surface area contributed by atoms with Gasteiger partial charge >= 0.3 is 6.18 Å². The largest absolute Gasteiger partial charge is 0.417 e. The average molecular weight is 427 g/mol. The number of pyridine rings is 1. The molecule has 0 saturated carbocycles. The van der Waals surface area contributed by atoms with Gasteiger partial charge in [0.2, 0.25) is 5.91 Å². The first-order valence-corrected chi connectivity index (χ1v) is 9.49. The lowest BCUT2D eigenvalue weighted by molar-refractivity contribution is -0.137. The lowest BCUT2D eigenvalue weighted by Crippen LogP contribution is -2.14. The predicted octanol–water partition coefficient (Wildman–Crippen LogP) is 3.38. The molecule has 0 atom stereocenters. The number of aromatic nitrogens is 3. The molecule has 0 aliphatic carbocycles. The molecule has 3 aromatic heterocycles. The minimum atomic E-state index is -4.45. The number of H-pyrrole nitrogens is 1. The molecule has 0 saturated heterocycles. The van der Waals surface area contributed by atoms with Crippen molar-refractivity contribution >= 4 is 40.0 Å². The first-order chi connectivity index (χ1) is 13.2. The van der Waals surface area contributed by atoms with Crippen molar-refractivity contribution in [1.82, 2.24) is 15.0 Å². The second-order valence-corrected chi connectivity index (χ2v) is 7.28. The molecule has 0 radical (unpaired) electrons. The summed E-state index contributed by atoms with van der Waals surface area (Å²) in [6.07, 6.45) is -2.15. The van der Waals surface area contributed by atoms with Gasteiger partial charge in [-0.3, -0.25) is 9.59 Å². The van der Waals surface area contributed by atoms with E-state index in [9.17, 15) is 22.8 Å². The van der Waals surface area contributed by atoms with Crippen LogP contribution in [0.3, 0.4) is 0 Å². The van der Waals surface area contributed by atoms with E-state index >= 15 is 0 Å². The summed E-state index contributed by atoms with van der Waals surface area (Å²) in [6.45, 7) is 0. The third kappa shape index (κ3) is 4.89. The van der Waals surface area contributed by atoms with Crippen LogP contribution in [0.2, 0.25) is 0 Å². The van der Waals surface area contributed by atoms with E-state index in [0.717, 1.165) is 24.0 Å². The van der Waals surface area contributed by atoms with Crippen LogP contribution in [0.1, 0.15) is 16.1 Å². The summed E-state index contributed by atoms with van der Waals surface area (Å²) >= 11 is 2.20. The molecule has 0 bridgehead atoms. The number of carbonyl (C=O) groups excluding carboxylic acids is 2. The van der Waals surface area contributed by atoms with Crippen molar-refractivity contribution in [3.63, 3.8) is 0 Å². The summed E-state index contributed by atoms with van der Waals surface area (Å²) in [6, 6.07) is 3.68. The standard InChI is InChI=1S/C16H12F3N5O2S2/c17-16(18,19)9-1-2-13(22-5-9)27-7-12(25)24-15-23-11(6-28-15)8-3-10(14(20)26)21-4-8/h1-6,21H,7H2,(H2,20,26)(H,23,24,25). The van der Waals surface area contributed by atoms with E-state index < -0.39 is 17.6 Å². The average Bonchev–Trinajstić information content (AvgIpc) is 3.29. The molecule has 0 aromatic carbocycles. The smallest absolute Gasteiger partial charge is 0.364 e. The molecule has 0 spiro atoms. The van der Waals surface area contributed by atoms with Crippen LogP contribution in [0.15, 0.2) is 41.0 Å². The molecule has 3 rings (SSSR count). The number of alkyl halides is 3. The number of thiazole rings is 1. The van der Waals surface area contributed by atoms with Crippen molar-refractivity contribution in [3.05, 3.63) is 47.2 Å². The van der Waals surface area contributed by atoms with Gasteiger partial charge in [-0.25, -0.2) is 9.97 Å². The predicted molar refractivity (Wildman–Crippen MR) is 99.0 cm³/mol. The normalized spacial score (nSPS) is 11.4. The number of primary amides is 1. The van der Waals surface area contributed by atoms with Crippen molar-refractivity contribution < 1.29 is 22.8 Å². The molecular formula is C16H12F3N5O2S2. The molecule has 3 heterocycles. The summed E-state index contributed by atoms with van der Waals surface area (Å²) < 4.78 is 37.5. The molecule has 0 aliphatic rings. The van der Waals surface area contributed by atoms with E-state index in [1.807, 2.05) is 0 Å². The highest BCUT2D eigenvalue weighted by Crippen LogP contribution is 2.30. The molecule has 146 valence electrons. The summed E-state index contributed by atoms with van der Waals surface area (Å²) in [7, 11) is 0. The third-order valence-electron chi connectivity index (χ3n) is 3.41. The molecule has 28 heavy (non-hydrogen) atoms. The molecule has 0 unspecified atom stereocenters. The van der Waals surface area contributed by atoms with E-state index in [2.05, 4.69) is 20.3 Å². The Kier molecular flexibility index (Phi) is 5.70. The van der Waals surface area contributed by atoms with Crippen LogP contribution >= 0.6 is 23.1 Å². The van der Waals surface area contributed by atoms with E-state index in [1.165, 1.54) is 17.4 Å². The molecule has 7 nitrogen and oxygen atoms in total. The number of amides is 2. The van der Waals surface area contributed by atoms with Gasteiger partial charge in [-0.15, -0.1) is 11.3 Å².